The van der Waals surface area contributed by atoms with Crippen molar-refractivity contribution in [2.24, 2.45) is 17.8 Å². The van der Waals surface area contributed by atoms with Crippen LogP contribution in [-0.4, -0.2) is 57.9 Å². The molecule has 2 N–H and O–H groups in total. The van der Waals surface area contributed by atoms with Crippen molar-refractivity contribution in [3.63, 3.8) is 0 Å². The Morgan fingerprint density at radius 3 is 2.33 bits per heavy atom. The van der Waals surface area contributed by atoms with Gasteiger partial charge in [0.1, 0.15) is 22.3 Å². The van der Waals surface area contributed by atoms with Crippen LogP contribution in [0.3, 0.4) is 0 Å². The molecule has 3 unspecified atom stereocenters. The van der Waals surface area contributed by atoms with Crippen molar-refractivity contribution in [3.8, 4) is 0 Å². The van der Waals surface area contributed by atoms with Gasteiger partial charge in [-0.2, -0.15) is 0 Å². The number of esters is 1. The van der Waals surface area contributed by atoms with Crippen LogP contribution in [0.2, 0.25) is 0 Å². The summed E-state index contributed by atoms with van der Waals surface area (Å²) in [6, 6.07) is 2.01. The molecular formula is C31H41F2N3O6S. The van der Waals surface area contributed by atoms with Crippen molar-refractivity contribution in [1.29, 1.82) is 0 Å². The number of carboxylic acid groups (broad SMARTS) is 1. The maximum atomic E-state index is 13.8. The number of nitrogens with one attached hydrogen (secondary N) is 1. The molecule has 12 heteroatoms. The van der Waals surface area contributed by atoms with Gasteiger partial charge in [0.25, 0.3) is 5.91 Å². The zero-order valence-corrected chi connectivity index (χ0v) is 26.1. The molecular weight excluding hydrogens is 580 g/mol. The Morgan fingerprint density at radius 2 is 1.77 bits per heavy atom. The molecule has 2 aromatic rings. The van der Waals surface area contributed by atoms with E-state index in [2.05, 4.69) is 10.3 Å². The fraction of sp³-hybridized carbons (Fsp3) is 0.581. The van der Waals surface area contributed by atoms with Crippen LogP contribution in [0.25, 0.3) is 0 Å². The van der Waals surface area contributed by atoms with Crippen LogP contribution in [0.4, 0.5) is 8.78 Å². The summed E-state index contributed by atoms with van der Waals surface area (Å²) in [5.74, 6) is -3.86. The largest absolute Gasteiger partial charge is 0.481 e. The Morgan fingerprint density at radius 1 is 1.12 bits per heavy atom. The molecule has 1 aliphatic rings. The van der Waals surface area contributed by atoms with Crippen LogP contribution in [0, 0.1) is 29.4 Å². The number of carbonyl (C=O) groups excluding carboxylic acids is 3. The normalized spacial score (nSPS) is 15.8. The number of benzene rings is 1. The van der Waals surface area contributed by atoms with E-state index in [1.54, 1.807) is 11.9 Å². The maximum Gasteiger partial charge on any atom is 0.306 e. The summed E-state index contributed by atoms with van der Waals surface area (Å²) in [6.07, 6.45) is 3.19. The molecule has 1 aromatic carbocycles. The first-order valence-corrected chi connectivity index (χ1v) is 15.5. The summed E-state index contributed by atoms with van der Waals surface area (Å²) in [4.78, 5) is 55.8. The molecule has 3 rings (SSSR count). The third kappa shape index (κ3) is 10.7. The lowest BCUT2D eigenvalue weighted by Crippen LogP contribution is -2.41. The van der Waals surface area contributed by atoms with E-state index in [0.29, 0.717) is 23.8 Å². The zero-order valence-electron chi connectivity index (χ0n) is 25.3. The Kier molecular flexibility index (Phi) is 12.2. The highest BCUT2D eigenvalue weighted by atomic mass is 32.1. The van der Waals surface area contributed by atoms with Gasteiger partial charge in [0, 0.05) is 50.3 Å². The van der Waals surface area contributed by atoms with Crippen molar-refractivity contribution < 1.29 is 37.8 Å². The zero-order chi connectivity index (χ0) is 31.8. The lowest BCUT2D eigenvalue weighted by molar-refractivity contribution is -0.148. The van der Waals surface area contributed by atoms with E-state index in [1.165, 1.54) is 32.1 Å². The van der Waals surface area contributed by atoms with E-state index in [4.69, 9.17) is 4.74 Å². The van der Waals surface area contributed by atoms with E-state index < -0.39 is 47.5 Å². The Hall–Kier alpha value is -3.41. The number of ether oxygens (including phenoxy) is 1. The summed E-state index contributed by atoms with van der Waals surface area (Å²) in [6.45, 7) is 6.75. The summed E-state index contributed by atoms with van der Waals surface area (Å²) >= 11 is 1.13. The number of rotatable bonds is 16. The number of carboxylic acids is 1. The van der Waals surface area contributed by atoms with Crippen LogP contribution in [0.5, 0.6) is 0 Å². The van der Waals surface area contributed by atoms with E-state index in [-0.39, 0.29) is 42.0 Å². The van der Waals surface area contributed by atoms with Crippen LogP contribution < -0.4 is 5.32 Å². The number of carbonyl (C=O) groups is 4. The number of hydrogen-bond donors (Lipinski definition) is 2. The molecule has 1 heterocycles. The lowest BCUT2D eigenvalue weighted by atomic mass is 9.95. The first-order valence-electron chi connectivity index (χ1n) is 14.6. The van der Waals surface area contributed by atoms with Crippen LogP contribution in [0.1, 0.15) is 93.4 Å². The molecule has 0 spiro atoms. The molecule has 4 atom stereocenters. The predicted octanol–water partition coefficient (Wildman–Crippen LogP) is 5.54. The van der Waals surface area contributed by atoms with Crippen LogP contribution >= 0.6 is 11.3 Å². The van der Waals surface area contributed by atoms with Gasteiger partial charge in [0.05, 0.1) is 5.92 Å². The van der Waals surface area contributed by atoms with E-state index in [9.17, 15) is 33.1 Å². The molecule has 0 radical (unpaired) electrons. The Labute approximate surface area is 255 Å². The summed E-state index contributed by atoms with van der Waals surface area (Å²) in [5, 5.41) is 14.1. The Balaban J connectivity index is 1.76. The van der Waals surface area contributed by atoms with Gasteiger partial charge in [-0.1, -0.05) is 33.6 Å². The molecule has 43 heavy (non-hydrogen) atoms. The topological polar surface area (TPSA) is 126 Å². The van der Waals surface area contributed by atoms with Gasteiger partial charge in [-0.15, -0.1) is 11.3 Å². The lowest BCUT2D eigenvalue weighted by Gasteiger charge is -2.33. The Bertz CT molecular complexity index is 1280. The molecule has 1 aromatic heterocycles. The van der Waals surface area contributed by atoms with Crippen LogP contribution in [-0.2, 0) is 25.5 Å². The molecule has 1 saturated carbocycles. The highest BCUT2D eigenvalue weighted by molar-refractivity contribution is 7.09. The maximum absolute atomic E-state index is 13.8. The van der Waals surface area contributed by atoms with Crippen molar-refractivity contribution >= 4 is 35.1 Å². The molecule has 0 saturated heterocycles. The third-order valence-corrected chi connectivity index (χ3v) is 8.65. The van der Waals surface area contributed by atoms with E-state index in [0.717, 1.165) is 36.0 Å². The molecule has 236 valence electrons. The van der Waals surface area contributed by atoms with Gasteiger partial charge in [-0.25, -0.2) is 13.8 Å². The highest BCUT2D eigenvalue weighted by Crippen LogP contribution is 2.34. The first-order chi connectivity index (χ1) is 20.2. The number of hydrogen-bond acceptors (Lipinski definition) is 7. The minimum absolute atomic E-state index is 0.00227. The van der Waals surface area contributed by atoms with Gasteiger partial charge in [0.2, 0.25) is 5.91 Å². The van der Waals surface area contributed by atoms with Gasteiger partial charge >= 0.3 is 11.9 Å². The van der Waals surface area contributed by atoms with Gasteiger partial charge in [0.15, 0.2) is 6.10 Å². The summed E-state index contributed by atoms with van der Waals surface area (Å²) in [5.41, 5.74) is 0.301. The highest BCUT2D eigenvalue weighted by Gasteiger charge is 2.32. The van der Waals surface area contributed by atoms with Crippen molar-refractivity contribution in [1.82, 2.24) is 15.2 Å². The smallest absolute Gasteiger partial charge is 0.306 e. The van der Waals surface area contributed by atoms with Gasteiger partial charge < -0.3 is 20.1 Å². The fourth-order valence-corrected chi connectivity index (χ4v) is 5.96. The molecule has 0 aliphatic heterocycles. The minimum atomic E-state index is -1.07. The minimum Gasteiger partial charge on any atom is -0.481 e. The molecule has 1 fully saturated rings. The van der Waals surface area contributed by atoms with Gasteiger partial charge in [-0.3, -0.25) is 19.2 Å². The summed E-state index contributed by atoms with van der Waals surface area (Å²) in [7, 11) is 1.76. The predicted molar refractivity (Wildman–Crippen MR) is 157 cm³/mol. The van der Waals surface area contributed by atoms with Crippen molar-refractivity contribution in [2.45, 2.75) is 90.8 Å². The van der Waals surface area contributed by atoms with Crippen molar-refractivity contribution in [3.05, 3.63) is 51.5 Å². The summed E-state index contributed by atoms with van der Waals surface area (Å²) < 4.78 is 33.2. The third-order valence-electron chi connectivity index (χ3n) is 7.72. The number of aromatic nitrogens is 1. The number of nitrogens with zero attached hydrogens (tertiary/aromatic N) is 2. The molecule has 2 amide bonds. The second-order valence-electron chi connectivity index (χ2n) is 11.8. The van der Waals surface area contributed by atoms with E-state index in [1.807, 2.05) is 13.8 Å². The number of amides is 2. The van der Waals surface area contributed by atoms with Crippen molar-refractivity contribution in [2.75, 3.05) is 7.05 Å². The number of halogens is 2. The van der Waals surface area contributed by atoms with Gasteiger partial charge in [-0.05, 0) is 48.8 Å². The second kappa shape index (κ2) is 15.4. The standard InChI is InChI=1S/C31H41F2N3O6S/c1-17(2)26(36(5)28(38)9-8-20-6-7-20)15-27(42-19(4)37)30-35-25(16-43-30)29(39)34-24(10-18(3)31(40)41)13-21-11-22(32)14-23(33)12-21/h11-12,14,16-18,20,24,26-27H,6-10,13,15H2,1-5H3,(H,34,39)(H,40,41)/t18?,24-,26?,27?/m1/s1. The average Bonchev–Trinajstić information content (AvgIpc) is 3.61. The fourth-order valence-electron chi connectivity index (χ4n) is 5.13. The molecule has 0 bridgehead atoms. The SMILES string of the molecule is CC(=O)OC(CC(C(C)C)N(C)C(=O)CCC1CC1)c1nc(C(=O)N[C@@H](Cc2cc(F)cc(F)c2)CC(C)C(=O)O)cs1. The quantitative estimate of drug-likeness (QED) is 0.236. The van der Waals surface area contributed by atoms with E-state index >= 15 is 0 Å². The number of aliphatic carboxylic acids is 1. The molecule has 9 nitrogen and oxygen atoms in total. The second-order valence-corrected chi connectivity index (χ2v) is 12.7. The molecule has 1 aliphatic carbocycles. The number of thiazole rings is 1. The average molecular weight is 622 g/mol. The van der Waals surface area contributed by atoms with Crippen LogP contribution in [0.15, 0.2) is 23.6 Å². The first kappa shape index (κ1) is 34.1. The monoisotopic (exact) mass is 621 g/mol.